The summed E-state index contributed by atoms with van der Waals surface area (Å²) < 4.78 is 0. The molecule has 652 valence electrons. The van der Waals surface area contributed by atoms with Crippen LogP contribution in [0.1, 0.15) is 74.9 Å². The van der Waals surface area contributed by atoms with Crippen LogP contribution in [0.25, 0.3) is 251 Å². The van der Waals surface area contributed by atoms with Crippen LogP contribution >= 0.6 is 0 Å². The van der Waals surface area contributed by atoms with Crippen molar-refractivity contribution in [2.75, 3.05) is 0 Å². The van der Waals surface area contributed by atoms with E-state index >= 15 is 0 Å². The van der Waals surface area contributed by atoms with Crippen molar-refractivity contribution in [1.29, 1.82) is 0 Å². The molecule has 0 radical (unpaired) electrons. The first-order valence-corrected chi connectivity index (χ1v) is 49.1. The van der Waals surface area contributed by atoms with E-state index in [-0.39, 0.29) is 16.2 Å². The summed E-state index contributed by atoms with van der Waals surface area (Å²) in [7, 11) is 0. The van der Waals surface area contributed by atoms with Crippen LogP contribution in [0, 0.1) is 0 Å². The van der Waals surface area contributed by atoms with Gasteiger partial charge in [0, 0.05) is 16.2 Å². The van der Waals surface area contributed by atoms with Gasteiger partial charge in [-0.2, -0.15) is 0 Å². The van der Waals surface area contributed by atoms with Gasteiger partial charge in [0.05, 0.1) is 0 Å². The van der Waals surface area contributed by atoms with Gasteiger partial charge < -0.3 is 0 Å². The van der Waals surface area contributed by atoms with E-state index in [9.17, 15) is 0 Å². The number of hydrogen-bond acceptors (Lipinski definition) is 0. The summed E-state index contributed by atoms with van der Waals surface area (Å²) >= 11 is 0. The van der Waals surface area contributed by atoms with Crippen LogP contribution in [0.15, 0.2) is 473 Å². The van der Waals surface area contributed by atoms with Crippen molar-refractivity contribution in [2.45, 2.75) is 57.8 Å². The van der Waals surface area contributed by atoms with Crippen LogP contribution in [-0.2, 0) is 16.2 Å². The molecule has 0 fully saturated rings. The van der Waals surface area contributed by atoms with E-state index < -0.39 is 0 Å². The normalized spacial score (nSPS) is 13.4. The molecular weight excluding hydrogens is 1670 g/mol. The number of hydrogen-bond donors (Lipinski definition) is 0. The Morgan fingerprint density at radius 3 is 0.719 bits per heavy atom. The molecule has 0 atom stereocenters. The van der Waals surface area contributed by atoms with Crippen LogP contribution in [0.5, 0.6) is 0 Å². The number of benzene rings is 26. The zero-order chi connectivity index (χ0) is 92.7. The van der Waals surface area contributed by atoms with Gasteiger partial charge in [0.1, 0.15) is 0 Å². The smallest absolute Gasteiger partial charge is 0.0165 e. The largest absolute Gasteiger partial charge is 0.0622 e. The molecule has 0 spiro atoms. The molecule has 0 amide bonds. The Hall–Kier alpha value is -16.9. The minimum atomic E-state index is -0.152. The lowest BCUT2D eigenvalue weighted by atomic mass is 9.76. The van der Waals surface area contributed by atoms with Crippen molar-refractivity contribution >= 4 is 140 Å². The average molecular weight is 1770 g/mol. The Morgan fingerprint density at radius 2 is 0.338 bits per heavy atom. The molecule has 0 unspecified atom stereocenters. The van der Waals surface area contributed by atoms with Gasteiger partial charge >= 0.3 is 0 Å². The van der Waals surface area contributed by atoms with Gasteiger partial charge in [-0.15, -0.1) is 0 Å². The molecule has 0 saturated carbocycles. The number of rotatable bonds is 7. The number of fused-ring (bicyclic) bond motifs is 27. The second-order valence-electron chi connectivity index (χ2n) is 40.0. The van der Waals surface area contributed by atoms with E-state index in [2.05, 4.69) is 515 Å². The Kier molecular flexibility index (Phi) is 18.6. The predicted octanol–water partition coefficient (Wildman–Crippen LogP) is 38.6. The van der Waals surface area contributed by atoms with E-state index in [1.165, 1.54) is 285 Å². The van der Waals surface area contributed by atoms with Crippen LogP contribution in [-0.4, -0.2) is 0 Å². The first-order valence-electron chi connectivity index (χ1n) is 49.1. The molecule has 0 saturated heterocycles. The molecule has 0 heterocycles. The highest BCUT2D eigenvalue weighted by Crippen LogP contribution is 2.61. The van der Waals surface area contributed by atoms with Gasteiger partial charge in [0.25, 0.3) is 0 Å². The minimum absolute atomic E-state index is 0.111. The van der Waals surface area contributed by atoms with Crippen molar-refractivity contribution < 1.29 is 0 Å². The molecule has 3 aliphatic rings. The van der Waals surface area contributed by atoms with E-state index in [1.54, 1.807) is 0 Å². The van der Waals surface area contributed by atoms with Crippen molar-refractivity contribution in [3.63, 3.8) is 0 Å². The fourth-order valence-electron chi connectivity index (χ4n) is 25.7. The van der Waals surface area contributed by atoms with Gasteiger partial charge in [-0.3, -0.25) is 0 Å². The molecule has 0 aliphatic heterocycles. The monoisotopic (exact) mass is 1760 g/mol. The Bertz CT molecular complexity index is 9540. The maximum absolute atomic E-state index is 2.41. The van der Waals surface area contributed by atoms with Gasteiger partial charge in [0.15, 0.2) is 0 Å². The molecule has 0 N–H and O–H groups in total. The molecule has 0 aromatic heterocycles. The van der Waals surface area contributed by atoms with Crippen LogP contribution in [0.2, 0.25) is 0 Å². The zero-order valence-corrected chi connectivity index (χ0v) is 78.5. The zero-order valence-electron chi connectivity index (χ0n) is 78.5. The van der Waals surface area contributed by atoms with E-state index in [0.29, 0.717) is 0 Å². The molecule has 3 aliphatic carbocycles. The summed E-state index contributed by atoms with van der Waals surface area (Å²) in [4.78, 5) is 0. The maximum atomic E-state index is 2.41. The highest BCUT2D eigenvalue weighted by molar-refractivity contribution is 6.29. The summed E-state index contributed by atoms with van der Waals surface area (Å²) in [6.07, 6.45) is 0. The molecule has 26 aromatic carbocycles. The summed E-state index contributed by atoms with van der Waals surface area (Å²) in [5.74, 6) is 0. The van der Waals surface area contributed by atoms with E-state index in [1.807, 2.05) is 0 Å². The molecule has 26 aromatic rings. The third-order valence-corrected chi connectivity index (χ3v) is 31.7. The van der Waals surface area contributed by atoms with Crippen molar-refractivity contribution in [1.82, 2.24) is 0 Å². The topological polar surface area (TPSA) is 0 Å². The molecule has 139 heavy (non-hydrogen) atoms. The minimum Gasteiger partial charge on any atom is -0.0622 e. The second kappa shape index (κ2) is 31.6. The SMILES string of the molecule is CC1(C)c2ccc3ccccc3c2-c2cccc(-c3c4ccccc4c(-c4cc5ccccc5c5ccccc45)c4ccccc34)c21.CC1(C)c2ccc3ccccc3c2-c2cccc(-c3c4ccccc4c(-c4ccccc4)c4ccccc34)c21.CC1(C)c2ccc3ccccc3c2-c2cccc(-c3ccc(-c4c5ccccc5c(-c5cccc6c5ccc5ccccc56)c5ccccc45)cc3)c21. The lowest BCUT2D eigenvalue weighted by Gasteiger charge is -2.26. The van der Waals surface area contributed by atoms with Gasteiger partial charge in [-0.1, -0.05) is 509 Å². The Morgan fingerprint density at radius 1 is 0.115 bits per heavy atom. The Labute approximate surface area is 809 Å². The molecular formula is C139H96. The third-order valence-electron chi connectivity index (χ3n) is 31.7. The summed E-state index contributed by atoms with van der Waals surface area (Å²) in [6.45, 7) is 14.4. The average Bonchev–Trinajstić information content (AvgIpc) is 1.41. The van der Waals surface area contributed by atoms with Crippen molar-refractivity contribution in [3.8, 4) is 111 Å². The fourth-order valence-corrected chi connectivity index (χ4v) is 25.7. The van der Waals surface area contributed by atoms with Gasteiger partial charge in [-0.25, -0.2) is 0 Å². The van der Waals surface area contributed by atoms with Gasteiger partial charge in [-0.05, 0) is 291 Å². The quantitative estimate of drug-likeness (QED) is 0.110. The lowest BCUT2D eigenvalue weighted by molar-refractivity contribution is 0.662. The van der Waals surface area contributed by atoms with Crippen LogP contribution < -0.4 is 0 Å². The summed E-state index contributed by atoms with van der Waals surface area (Å²) in [5.41, 5.74) is 34.5. The Balaban J connectivity index is 0.000000106. The first-order chi connectivity index (χ1) is 68.3. The van der Waals surface area contributed by atoms with Crippen LogP contribution in [0.4, 0.5) is 0 Å². The fraction of sp³-hybridized carbons (Fsp3) is 0.0647. The predicted molar refractivity (Wildman–Crippen MR) is 598 cm³/mol. The molecule has 0 heteroatoms. The molecule has 0 nitrogen and oxygen atoms in total. The molecule has 29 rings (SSSR count). The lowest BCUT2D eigenvalue weighted by Crippen LogP contribution is -2.16. The standard InChI is InChI=1S/C53H36.C47H32.C39H28/c1-53(2)48-32-30-34-14-4-6-16-38(34)51(48)47-24-11-21-39(52(47)53)35-25-27-36(28-26-35)49-43-17-7-9-19-45(43)50(46-20-10-8-18-44(46)49)42-23-12-22-40-37-15-5-3-13-33(37)29-31-41(40)42;1-47(2)42-27-26-29-14-3-6-17-32(29)45(42)40-25-13-24-39(46(40)47)43-35-20-9-11-22-37(35)44(38-23-12-10-21-36(38)43)41-28-30-15-4-5-16-31(30)33-18-7-8-19-34(33)41;1-39(2)34-24-23-25-13-6-7-16-27(25)37(34)33-22-12-21-32(38(33)39)36-30-19-10-8-17-28(30)35(26-14-4-3-5-15-26)29-18-9-11-20-31(29)36/h3-32H,1-2H3;3-28H,1-2H3;3-24H,1-2H3. The summed E-state index contributed by atoms with van der Waals surface area (Å²) in [6, 6.07) is 176. The van der Waals surface area contributed by atoms with Crippen molar-refractivity contribution in [3.05, 3.63) is 507 Å². The highest BCUT2D eigenvalue weighted by atomic mass is 14.5. The van der Waals surface area contributed by atoms with E-state index in [4.69, 9.17) is 0 Å². The third kappa shape index (κ3) is 12.3. The second-order valence-corrected chi connectivity index (χ2v) is 40.0. The molecule has 0 bridgehead atoms. The first kappa shape index (κ1) is 81.6. The van der Waals surface area contributed by atoms with E-state index in [0.717, 1.165) is 0 Å². The maximum Gasteiger partial charge on any atom is 0.0165 e. The van der Waals surface area contributed by atoms with Gasteiger partial charge in [0.2, 0.25) is 0 Å². The van der Waals surface area contributed by atoms with Crippen LogP contribution in [0.3, 0.4) is 0 Å². The highest BCUT2D eigenvalue weighted by Gasteiger charge is 2.43. The van der Waals surface area contributed by atoms with Crippen molar-refractivity contribution in [2.24, 2.45) is 0 Å². The summed E-state index contributed by atoms with van der Waals surface area (Å²) in [5, 5.41) is 33.7.